The van der Waals surface area contributed by atoms with Crippen LogP contribution in [0.1, 0.15) is 26.0 Å². The number of thioether (sulfide) groups is 1. The van der Waals surface area contributed by atoms with Gasteiger partial charge in [0.25, 0.3) is 0 Å². The van der Waals surface area contributed by atoms with Crippen LogP contribution in [0.15, 0.2) is 65.3 Å². The Bertz CT molecular complexity index is 756. The largest absolute Gasteiger partial charge is 0.480 e. The molecule has 1 N–H and O–H groups in total. The van der Waals surface area contributed by atoms with Gasteiger partial charge in [0.15, 0.2) is 0 Å². The zero-order valence-corrected chi connectivity index (χ0v) is 14.0. The van der Waals surface area contributed by atoms with Gasteiger partial charge in [0, 0.05) is 17.0 Å². The number of pyridine rings is 1. The zero-order valence-electron chi connectivity index (χ0n) is 13.2. The van der Waals surface area contributed by atoms with E-state index in [4.69, 9.17) is 0 Å². The molecule has 0 saturated carbocycles. The number of fused-ring (bicyclic) bond motifs is 1. The van der Waals surface area contributed by atoms with E-state index in [-0.39, 0.29) is 0 Å². The van der Waals surface area contributed by atoms with Gasteiger partial charge in [-0.05, 0) is 49.6 Å². The molecule has 0 saturated heterocycles. The summed E-state index contributed by atoms with van der Waals surface area (Å²) in [6.07, 6.45) is 15.5. The third kappa shape index (κ3) is 3.32. The van der Waals surface area contributed by atoms with E-state index in [0.717, 1.165) is 22.6 Å². The van der Waals surface area contributed by atoms with Crippen molar-refractivity contribution in [3.05, 3.63) is 66.1 Å². The predicted octanol–water partition coefficient (Wildman–Crippen LogP) is 4.49. The Morgan fingerprint density at radius 1 is 1.39 bits per heavy atom. The summed E-state index contributed by atoms with van der Waals surface area (Å²) >= 11 is 1.34. The Kier molecular flexibility index (Phi) is 4.26. The molecule has 0 aliphatic heterocycles. The Morgan fingerprint density at radius 3 is 3.00 bits per heavy atom. The third-order valence-electron chi connectivity index (χ3n) is 4.01. The lowest BCUT2D eigenvalue weighted by Gasteiger charge is -2.23. The van der Waals surface area contributed by atoms with E-state index < -0.39 is 10.7 Å². The minimum Gasteiger partial charge on any atom is -0.480 e. The first-order valence-corrected chi connectivity index (χ1v) is 8.43. The Hall–Kier alpha value is -2.07. The molecular weight excluding hydrogens is 306 g/mol. The minimum atomic E-state index is -0.893. The number of rotatable bonds is 4. The number of hydrogen-bond donors (Lipinski definition) is 1. The molecule has 1 unspecified atom stereocenters. The average Bonchev–Trinajstić information content (AvgIpc) is 2.54. The van der Waals surface area contributed by atoms with Crippen LogP contribution >= 0.6 is 11.8 Å². The van der Waals surface area contributed by atoms with Crippen LogP contribution in [0.25, 0.3) is 5.57 Å². The lowest BCUT2D eigenvalue weighted by atomic mass is 9.85. The van der Waals surface area contributed by atoms with Crippen LogP contribution < -0.4 is 0 Å². The lowest BCUT2D eigenvalue weighted by molar-refractivity contribution is -0.138. The van der Waals surface area contributed by atoms with Crippen molar-refractivity contribution in [1.29, 1.82) is 0 Å². The maximum absolute atomic E-state index is 11.4. The minimum absolute atomic E-state index is 0.444. The molecule has 23 heavy (non-hydrogen) atoms. The van der Waals surface area contributed by atoms with Gasteiger partial charge in [0.05, 0.1) is 5.69 Å². The molecule has 0 aromatic carbocycles. The van der Waals surface area contributed by atoms with Crippen LogP contribution in [0, 0.1) is 5.92 Å². The normalized spacial score (nSPS) is 19.8. The number of hydrogen-bond acceptors (Lipinski definition) is 3. The Labute approximate surface area is 140 Å². The second kappa shape index (κ2) is 6.20. The van der Waals surface area contributed by atoms with Crippen molar-refractivity contribution in [2.75, 3.05) is 0 Å². The van der Waals surface area contributed by atoms with Crippen LogP contribution in [0.4, 0.5) is 0 Å². The third-order valence-corrected chi connectivity index (χ3v) is 5.24. The van der Waals surface area contributed by atoms with Gasteiger partial charge in [0.2, 0.25) is 0 Å². The summed E-state index contributed by atoms with van der Waals surface area (Å²) in [6.45, 7) is 3.43. The summed E-state index contributed by atoms with van der Waals surface area (Å²) < 4.78 is -0.893. The van der Waals surface area contributed by atoms with Crippen LogP contribution in [-0.4, -0.2) is 20.8 Å². The highest BCUT2D eigenvalue weighted by molar-refractivity contribution is 8.01. The first-order valence-electron chi connectivity index (χ1n) is 7.62. The monoisotopic (exact) mass is 325 g/mol. The molecular formula is C19H19NO2S. The van der Waals surface area contributed by atoms with Gasteiger partial charge in [-0.1, -0.05) is 30.4 Å². The van der Waals surface area contributed by atoms with E-state index in [0.29, 0.717) is 5.92 Å². The number of aliphatic carboxylic acids is 1. The number of aromatic nitrogens is 1. The molecule has 3 rings (SSSR count). The van der Waals surface area contributed by atoms with Gasteiger partial charge < -0.3 is 5.11 Å². The highest BCUT2D eigenvalue weighted by Gasteiger charge is 2.30. The quantitative estimate of drug-likeness (QED) is 0.829. The van der Waals surface area contributed by atoms with Crippen LogP contribution in [0.5, 0.6) is 0 Å². The lowest BCUT2D eigenvalue weighted by Crippen LogP contribution is -2.27. The molecule has 1 aromatic heterocycles. The molecule has 0 radical (unpaired) electrons. The molecule has 1 atom stereocenters. The fourth-order valence-electron chi connectivity index (χ4n) is 2.64. The van der Waals surface area contributed by atoms with Crippen LogP contribution in [0.2, 0.25) is 0 Å². The van der Waals surface area contributed by atoms with Crippen molar-refractivity contribution in [1.82, 2.24) is 4.98 Å². The van der Waals surface area contributed by atoms with Gasteiger partial charge in [-0.25, -0.2) is 0 Å². The molecule has 0 fully saturated rings. The standard InChI is InChI=1S/C19H19NO2S/c1-19(2,18(21)22)23-16-8-5-11-20-17(16)15-10-9-13-6-3-4-7-14(13)12-15/h3-8,10-13H,9H2,1-2H3,(H,21,22). The van der Waals surface area contributed by atoms with E-state index in [2.05, 4.69) is 35.4 Å². The number of carboxylic acids is 1. The van der Waals surface area contributed by atoms with Crippen molar-refractivity contribution < 1.29 is 9.90 Å². The van der Waals surface area contributed by atoms with E-state index >= 15 is 0 Å². The summed E-state index contributed by atoms with van der Waals surface area (Å²) in [6, 6.07) is 3.80. The Morgan fingerprint density at radius 2 is 2.22 bits per heavy atom. The molecule has 0 bridgehead atoms. The maximum Gasteiger partial charge on any atom is 0.319 e. The van der Waals surface area contributed by atoms with Crippen molar-refractivity contribution in [2.24, 2.45) is 5.92 Å². The van der Waals surface area contributed by atoms with Gasteiger partial charge in [0.1, 0.15) is 4.75 Å². The molecule has 4 heteroatoms. The van der Waals surface area contributed by atoms with Crippen molar-refractivity contribution in [3.63, 3.8) is 0 Å². The molecule has 3 nitrogen and oxygen atoms in total. The van der Waals surface area contributed by atoms with Crippen LogP contribution in [-0.2, 0) is 4.79 Å². The number of allylic oxidation sites excluding steroid dienone is 8. The molecule has 118 valence electrons. The summed E-state index contributed by atoms with van der Waals surface area (Å²) in [5, 5.41) is 9.37. The van der Waals surface area contributed by atoms with Crippen molar-refractivity contribution >= 4 is 23.3 Å². The highest BCUT2D eigenvalue weighted by atomic mass is 32.2. The van der Waals surface area contributed by atoms with E-state index in [1.807, 2.05) is 18.2 Å². The highest BCUT2D eigenvalue weighted by Crippen LogP contribution is 2.39. The molecule has 2 aliphatic carbocycles. The Balaban J connectivity index is 1.94. The fraction of sp³-hybridized carbons (Fsp3) is 0.263. The summed E-state index contributed by atoms with van der Waals surface area (Å²) in [4.78, 5) is 16.8. The molecule has 0 amide bonds. The number of carbonyl (C=O) groups is 1. The zero-order chi connectivity index (χ0) is 16.4. The summed E-state index contributed by atoms with van der Waals surface area (Å²) in [5.41, 5.74) is 3.21. The predicted molar refractivity (Wildman–Crippen MR) is 94.3 cm³/mol. The maximum atomic E-state index is 11.4. The summed E-state index contributed by atoms with van der Waals surface area (Å²) in [5.74, 6) is -0.382. The molecule has 1 heterocycles. The van der Waals surface area contributed by atoms with Gasteiger partial charge in [-0.2, -0.15) is 0 Å². The first kappa shape index (κ1) is 15.8. The molecule has 2 aliphatic rings. The molecule has 1 aromatic rings. The second-order valence-corrected chi connectivity index (χ2v) is 7.82. The summed E-state index contributed by atoms with van der Waals surface area (Å²) in [7, 11) is 0. The number of carboxylic acid groups (broad SMARTS) is 1. The average molecular weight is 325 g/mol. The van der Waals surface area contributed by atoms with Gasteiger partial charge in [-0.3, -0.25) is 9.78 Å². The SMILES string of the molecule is CC(C)(Sc1cccnc1C1=CCC2C=CC=CC2=C1)C(=O)O. The van der Waals surface area contributed by atoms with E-state index in [1.54, 1.807) is 20.0 Å². The van der Waals surface area contributed by atoms with Crippen molar-refractivity contribution in [2.45, 2.75) is 29.9 Å². The second-order valence-electron chi connectivity index (χ2n) is 6.16. The van der Waals surface area contributed by atoms with E-state index in [9.17, 15) is 9.90 Å². The fourth-order valence-corrected chi connectivity index (χ4v) is 3.69. The molecule has 0 spiro atoms. The topological polar surface area (TPSA) is 50.2 Å². The van der Waals surface area contributed by atoms with Gasteiger partial charge >= 0.3 is 5.97 Å². The van der Waals surface area contributed by atoms with Crippen LogP contribution in [0.3, 0.4) is 0 Å². The first-order chi connectivity index (χ1) is 11.0. The van der Waals surface area contributed by atoms with Crippen molar-refractivity contribution in [3.8, 4) is 0 Å². The smallest absolute Gasteiger partial charge is 0.319 e. The van der Waals surface area contributed by atoms with E-state index in [1.165, 1.54) is 17.3 Å². The number of nitrogens with zero attached hydrogens (tertiary/aromatic N) is 1. The van der Waals surface area contributed by atoms with Gasteiger partial charge in [-0.15, -0.1) is 11.8 Å².